The van der Waals surface area contributed by atoms with Crippen molar-refractivity contribution < 1.29 is 4.79 Å². The second-order valence-corrected chi connectivity index (χ2v) is 6.67. The molecule has 0 unspecified atom stereocenters. The van der Waals surface area contributed by atoms with E-state index in [2.05, 4.69) is 20.4 Å². The Morgan fingerprint density at radius 1 is 1.28 bits per heavy atom. The second-order valence-electron chi connectivity index (χ2n) is 5.81. The highest BCUT2D eigenvalue weighted by molar-refractivity contribution is 7.14. The van der Waals surface area contributed by atoms with Gasteiger partial charge in [0.05, 0.1) is 11.9 Å². The summed E-state index contributed by atoms with van der Waals surface area (Å²) in [5.41, 5.74) is 4.95. The average molecular weight is 352 g/mol. The summed E-state index contributed by atoms with van der Waals surface area (Å²) in [4.78, 5) is 21.4. The van der Waals surface area contributed by atoms with Crippen molar-refractivity contribution in [3.63, 3.8) is 0 Å². The van der Waals surface area contributed by atoms with E-state index in [1.807, 2.05) is 49.0 Å². The molecule has 0 aliphatic rings. The van der Waals surface area contributed by atoms with Gasteiger partial charge in [0.1, 0.15) is 11.3 Å². The molecule has 4 aromatic heterocycles. The van der Waals surface area contributed by atoms with Crippen LogP contribution in [0.5, 0.6) is 0 Å². The van der Waals surface area contributed by atoms with E-state index in [0.717, 1.165) is 28.2 Å². The van der Waals surface area contributed by atoms with Crippen LogP contribution in [-0.2, 0) is 7.05 Å². The number of nitrogens with one attached hydrogen (secondary N) is 1. The number of hydrogen-bond donors (Lipinski definition) is 1. The number of fused-ring (bicyclic) bond motifs is 1. The maximum Gasteiger partial charge on any atom is 0.277 e. The third kappa shape index (κ3) is 2.70. The van der Waals surface area contributed by atoms with Gasteiger partial charge < -0.3 is 4.40 Å². The van der Waals surface area contributed by atoms with E-state index in [4.69, 9.17) is 0 Å². The van der Waals surface area contributed by atoms with E-state index in [0.29, 0.717) is 10.8 Å². The van der Waals surface area contributed by atoms with Crippen LogP contribution in [0.2, 0.25) is 0 Å². The zero-order valence-corrected chi connectivity index (χ0v) is 14.8. The van der Waals surface area contributed by atoms with Crippen LogP contribution < -0.4 is 5.32 Å². The van der Waals surface area contributed by atoms with Gasteiger partial charge in [0.2, 0.25) is 0 Å². The molecule has 0 saturated heterocycles. The van der Waals surface area contributed by atoms with E-state index in [-0.39, 0.29) is 5.91 Å². The molecule has 8 heteroatoms. The molecule has 1 amide bonds. The average Bonchev–Trinajstić information content (AvgIpc) is 3.28. The SMILES string of the molecule is Cc1cccn2cc(C(=O)Nc3nc(-c4cnn(C)c4C)cs3)nc12. The van der Waals surface area contributed by atoms with Gasteiger partial charge in [-0.25, -0.2) is 9.97 Å². The molecule has 0 aliphatic carbocycles. The lowest BCUT2D eigenvalue weighted by atomic mass is 10.2. The fraction of sp³-hybridized carbons (Fsp3) is 0.176. The Balaban J connectivity index is 1.58. The number of carbonyl (C=O) groups is 1. The van der Waals surface area contributed by atoms with Crippen molar-refractivity contribution in [2.45, 2.75) is 13.8 Å². The number of carbonyl (C=O) groups excluding carboxylic acids is 1. The number of amides is 1. The van der Waals surface area contributed by atoms with Gasteiger partial charge in [-0.1, -0.05) is 6.07 Å². The summed E-state index contributed by atoms with van der Waals surface area (Å²) in [5.74, 6) is -0.271. The van der Waals surface area contributed by atoms with Crippen molar-refractivity contribution >= 4 is 28.0 Å². The first kappa shape index (κ1) is 15.5. The van der Waals surface area contributed by atoms with Crippen molar-refractivity contribution in [3.8, 4) is 11.3 Å². The predicted octanol–water partition coefficient (Wildman–Crippen LogP) is 3.06. The predicted molar refractivity (Wildman–Crippen MR) is 96.9 cm³/mol. The fourth-order valence-corrected chi connectivity index (χ4v) is 3.33. The molecule has 4 rings (SSSR count). The van der Waals surface area contributed by atoms with E-state index < -0.39 is 0 Å². The lowest BCUT2D eigenvalue weighted by Crippen LogP contribution is -2.12. The Morgan fingerprint density at radius 3 is 2.84 bits per heavy atom. The highest BCUT2D eigenvalue weighted by Gasteiger charge is 2.15. The number of pyridine rings is 1. The molecule has 0 aromatic carbocycles. The number of thiazole rings is 1. The normalized spacial score (nSPS) is 11.2. The van der Waals surface area contributed by atoms with Crippen LogP contribution in [0.3, 0.4) is 0 Å². The van der Waals surface area contributed by atoms with E-state index in [1.54, 1.807) is 17.1 Å². The molecule has 1 N–H and O–H groups in total. The Morgan fingerprint density at radius 2 is 2.12 bits per heavy atom. The monoisotopic (exact) mass is 352 g/mol. The number of rotatable bonds is 3. The second kappa shape index (κ2) is 5.82. The Kier molecular flexibility index (Phi) is 3.61. The number of hydrogen-bond acceptors (Lipinski definition) is 5. The zero-order chi connectivity index (χ0) is 17.6. The van der Waals surface area contributed by atoms with Gasteiger partial charge >= 0.3 is 0 Å². The standard InChI is InChI=1S/C17H16N6OS/c1-10-5-4-6-23-8-13(19-15(10)23)16(24)21-17-20-14(9-25-17)12-7-18-22(3)11(12)2/h4-9H,1-3H3,(H,20,21,24). The summed E-state index contributed by atoms with van der Waals surface area (Å²) in [7, 11) is 1.89. The molecule has 0 fully saturated rings. The van der Waals surface area contributed by atoms with Gasteiger partial charge in [-0.05, 0) is 25.5 Å². The summed E-state index contributed by atoms with van der Waals surface area (Å²) >= 11 is 1.38. The van der Waals surface area contributed by atoms with Crippen LogP contribution in [0.25, 0.3) is 16.9 Å². The Labute approximate surface area is 148 Å². The molecular formula is C17H16N6OS. The maximum absolute atomic E-state index is 12.5. The van der Waals surface area contributed by atoms with Gasteiger partial charge in [-0.2, -0.15) is 5.10 Å². The molecule has 25 heavy (non-hydrogen) atoms. The highest BCUT2D eigenvalue weighted by atomic mass is 32.1. The molecular weight excluding hydrogens is 336 g/mol. The number of nitrogens with zero attached hydrogens (tertiary/aromatic N) is 5. The highest BCUT2D eigenvalue weighted by Crippen LogP contribution is 2.27. The molecule has 4 heterocycles. The Hall–Kier alpha value is -3.00. The van der Waals surface area contributed by atoms with Crippen LogP contribution in [-0.4, -0.2) is 30.1 Å². The molecule has 7 nitrogen and oxygen atoms in total. The summed E-state index contributed by atoms with van der Waals surface area (Å²) in [5, 5.41) is 9.49. The third-order valence-corrected chi connectivity index (χ3v) is 4.90. The minimum Gasteiger partial charge on any atom is -0.306 e. The third-order valence-electron chi connectivity index (χ3n) is 4.15. The molecule has 0 aliphatic heterocycles. The molecule has 4 aromatic rings. The molecule has 0 radical (unpaired) electrons. The molecule has 0 atom stereocenters. The van der Waals surface area contributed by atoms with Crippen molar-refractivity contribution in [1.29, 1.82) is 0 Å². The summed E-state index contributed by atoms with van der Waals surface area (Å²) < 4.78 is 3.64. The van der Waals surface area contributed by atoms with Crippen LogP contribution in [0.1, 0.15) is 21.7 Å². The van der Waals surface area contributed by atoms with E-state index in [9.17, 15) is 4.79 Å². The number of aryl methyl sites for hydroxylation is 2. The van der Waals surface area contributed by atoms with Crippen molar-refractivity contribution in [3.05, 3.63) is 53.1 Å². The minimum absolute atomic E-state index is 0.271. The summed E-state index contributed by atoms with van der Waals surface area (Å²) in [6.07, 6.45) is 5.37. The fourth-order valence-electron chi connectivity index (χ4n) is 2.63. The van der Waals surface area contributed by atoms with Crippen molar-refractivity contribution in [1.82, 2.24) is 24.1 Å². The number of imidazole rings is 1. The lowest BCUT2D eigenvalue weighted by Gasteiger charge is -1.98. The molecule has 0 bridgehead atoms. The maximum atomic E-state index is 12.5. The van der Waals surface area contributed by atoms with Crippen LogP contribution in [0.4, 0.5) is 5.13 Å². The summed E-state index contributed by atoms with van der Waals surface area (Å²) in [6, 6.07) is 3.89. The quantitative estimate of drug-likeness (QED) is 0.615. The molecule has 126 valence electrons. The zero-order valence-electron chi connectivity index (χ0n) is 14.0. The first-order chi connectivity index (χ1) is 12.0. The number of anilines is 1. The van der Waals surface area contributed by atoms with Crippen LogP contribution in [0.15, 0.2) is 36.1 Å². The molecule has 0 saturated carbocycles. The Bertz CT molecular complexity index is 1090. The van der Waals surface area contributed by atoms with Crippen molar-refractivity contribution in [2.75, 3.05) is 5.32 Å². The van der Waals surface area contributed by atoms with Gasteiger partial charge in [0.25, 0.3) is 5.91 Å². The largest absolute Gasteiger partial charge is 0.306 e. The smallest absolute Gasteiger partial charge is 0.277 e. The van der Waals surface area contributed by atoms with E-state index in [1.165, 1.54) is 11.3 Å². The first-order valence-electron chi connectivity index (χ1n) is 7.73. The number of aromatic nitrogens is 5. The van der Waals surface area contributed by atoms with Gasteiger partial charge in [0.15, 0.2) is 5.13 Å². The van der Waals surface area contributed by atoms with Crippen LogP contribution >= 0.6 is 11.3 Å². The first-order valence-corrected chi connectivity index (χ1v) is 8.61. The van der Waals surface area contributed by atoms with Crippen LogP contribution in [0, 0.1) is 13.8 Å². The van der Waals surface area contributed by atoms with Gasteiger partial charge in [0, 0.05) is 36.1 Å². The van der Waals surface area contributed by atoms with Crippen molar-refractivity contribution in [2.24, 2.45) is 7.05 Å². The van der Waals surface area contributed by atoms with Gasteiger partial charge in [-0.3, -0.25) is 14.8 Å². The van der Waals surface area contributed by atoms with E-state index >= 15 is 0 Å². The minimum atomic E-state index is -0.271. The summed E-state index contributed by atoms with van der Waals surface area (Å²) in [6.45, 7) is 3.95. The topological polar surface area (TPSA) is 77.1 Å². The van der Waals surface area contributed by atoms with Gasteiger partial charge in [-0.15, -0.1) is 11.3 Å². The lowest BCUT2D eigenvalue weighted by molar-refractivity contribution is 0.102. The molecule has 0 spiro atoms.